The Morgan fingerprint density at radius 3 is 2.30 bits per heavy atom. The number of alkyl halides is 3. The lowest BCUT2D eigenvalue weighted by Gasteiger charge is -2.24. The minimum Gasteiger partial charge on any atom is -0.246 e. The first-order chi connectivity index (χ1) is 12.5. The van der Waals surface area contributed by atoms with E-state index in [0.29, 0.717) is 5.56 Å². The highest BCUT2D eigenvalue weighted by molar-refractivity contribution is 7.89. The van der Waals surface area contributed by atoms with Crippen LogP contribution < -0.4 is 0 Å². The molecule has 9 heteroatoms. The standard InChI is InChI=1S/C18H23F3N2O2S2/c1-5-16-22-12(2)17(26-16)13(3)23(4)27(24,25)11-10-14-6-8-15(9-7-14)18(19,20)21/h6-9,13H,5,10-11H2,1-4H3/t13-/m1/s1. The third kappa shape index (κ3) is 5.30. The van der Waals surface area contributed by atoms with Crippen molar-refractivity contribution in [1.29, 1.82) is 0 Å². The Morgan fingerprint density at radius 2 is 1.81 bits per heavy atom. The number of nitrogens with zero attached hydrogens (tertiary/aromatic N) is 2. The maximum absolute atomic E-state index is 12.7. The monoisotopic (exact) mass is 420 g/mol. The number of aryl methyl sites for hydroxylation is 3. The molecule has 0 amide bonds. The molecule has 4 nitrogen and oxygen atoms in total. The summed E-state index contributed by atoms with van der Waals surface area (Å²) >= 11 is 1.51. The molecule has 0 bridgehead atoms. The zero-order valence-corrected chi connectivity index (χ0v) is 17.3. The first-order valence-electron chi connectivity index (χ1n) is 8.53. The smallest absolute Gasteiger partial charge is 0.246 e. The Labute approximate surface area is 162 Å². The molecular formula is C18H23F3N2O2S2. The fourth-order valence-electron chi connectivity index (χ4n) is 2.66. The molecule has 150 valence electrons. The third-order valence-corrected chi connectivity index (χ3v) is 7.86. The average molecular weight is 421 g/mol. The van der Waals surface area contributed by atoms with Crippen molar-refractivity contribution < 1.29 is 21.6 Å². The number of hydrogen-bond acceptors (Lipinski definition) is 4. The van der Waals surface area contributed by atoms with Gasteiger partial charge in [0.2, 0.25) is 10.0 Å². The number of benzene rings is 1. The van der Waals surface area contributed by atoms with Gasteiger partial charge in [0, 0.05) is 11.9 Å². The SMILES string of the molecule is CCc1nc(C)c([C@@H](C)N(C)S(=O)(=O)CCc2ccc(C(F)(F)F)cc2)s1. The van der Waals surface area contributed by atoms with Crippen molar-refractivity contribution in [3.8, 4) is 0 Å². The fourth-order valence-corrected chi connectivity index (χ4v) is 5.20. The van der Waals surface area contributed by atoms with Crippen LogP contribution in [0.25, 0.3) is 0 Å². The third-order valence-electron chi connectivity index (χ3n) is 4.47. The summed E-state index contributed by atoms with van der Waals surface area (Å²) in [5, 5.41) is 0.963. The Balaban J connectivity index is 2.07. The topological polar surface area (TPSA) is 50.3 Å². The molecule has 0 unspecified atom stereocenters. The van der Waals surface area contributed by atoms with E-state index in [1.165, 1.54) is 34.8 Å². The van der Waals surface area contributed by atoms with Crippen LogP contribution in [0.2, 0.25) is 0 Å². The van der Waals surface area contributed by atoms with Crippen LogP contribution in [0.5, 0.6) is 0 Å². The van der Waals surface area contributed by atoms with Crippen LogP contribution in [0.3, 0.4) is 0 Å². The molecule has 0 spiro atoms. The lowest BCUT2D eigenvalue weighted by atomic mass is 10.1. The van der Waals surface area contributed by atoms with Crippen LogP contribution in [0.4, 0.5) is 13.2 Å². The van der Waals surface area contributed by atoms with Gasteiger partial charge in [-0.2, -0.15) is 17.5 Å². The van der Waals surface area contributed by atoms with Gasteiger partial charge in [-0.3, -0.25) is 0 Å². The van der Waals surface area contributed by atoms with Crippen molar-refractivity contribution in [2.75, 3.05) is 12.8 Å². The van der Waals surface area contributed by atoms with E-state index >= 15 is 0 Å². The maximum Gasteiger partial charge on any atom is 0.416 e. The number of hydrogen-bond donors (Lipinski definition) is 0. The van der Waals surface area contributed by atoms with Gasteiger partial charge >= 0.3 is 6.18 Å². The summed E-state index contributed by atoms with van der Waals surface area (Å²) in [7, 11) is -2.04. The van der Waals surface area contributed by atoms with Crippen molar-refractivity contribution in [2.24, 2.45) is 0 Å². The molecule has 2 rings (SSSR count). The predicted octanol–water partition coefficient (Wildman–Crippen LogP) is 4.60. The van der Waals surface area contributed by atoms with Crippen LogP contribution in [-0.2, 0) is 29.0 Å². The van der Waals surface area contributed by atoms with Crippen LogP contribution in [0.1, 0.15) is 46.6 Å². The summed E-state index contributed by atoms with van der Waals surface area (Å²) in [6.07, 6.45) is -3.45. The van der Waals surface area contributed by atoms with E-state index in [2.05, 4.69) is 4.98 Å². The molecule has 1 aromatic heterocycles. The quantitative estimate of drug-likeness (QED) is 0.658. The average Bonchev–Trinajstić information content (AvgIpc) is 2.99. The summed E-state index contributed by atoms with van der Waals surface area (Å²) in [4.78, 5) is 5.35. The van der Waals surface area contributed by atoms with Gasteiger partial charge in [-0.25, -0.2) is 13.4 Å². The van der Waals surface area contributed by atoms with Gasteiger partial charge in [-0.1, -0.05) is 19.1 Å². The molecule has 0 aliphatic heterocycles. The van der Waals surface area contributed by atoms with Gasteiger partial charge in [0.25, 0.3) is 0 Å². The van der Waals surface area contributed by atoms with Crippen molar-refractivity contribution >= 4 is 21.4 Å². The van der Waals surface area contributed by atoms with Crippen molar-refractivity contribution in [3.05, 3.63) is 51.0 Å². The highest BCUT2D eigenvalue weighted by Gasteiger charge is 2.30. The molecule has 2 aromatic rings. The molecule has 0 saturated carbocycles. The lowest BCUT2D eigenvalue weighted by molar-refractivity contribution is -0.137. The Morgan fingerprint density at radius 1 is 1.22 bits per heavy atom. The molecule has 1 heterocycles. The molecule has 0 N–H and O–H groups in total. The Bertz CT molecular complexity index is 875. The first kappa shape index (κ1) is 21.8. The number of rotatable bonds is 7. The van der Waals surface area contributed by atoms with E-state index in [1.807, 2.05) is 20.8 Å². The summed E-state index contributed by atoms with van der Waals surface area (Å²) in [6.45, 7) is 5.68. The molecule has 0 aliphatic carbocycles. The molecule has 0 radical (unpaired) electrons. The maximum atomic E-state index is 12.7. The van der Waals surface area contributed by atoms with Crippen molar-refractivity contribution in [2.45, 2.75) is 45.8 Å². The van der Waals surface area contributed by atoms with E-state index < -0.39 is 21.8 Å². The minimum atomic E-state index is -4.40. The van der Waals surface area contributed by atoms with Crippen molar-refractivity contribution in [1.82, 2.24) is 9.29 Å². The largest absolute Gasteiger partial charge is 0.416 e. The molecule has 0 saturated heterocycles. The fraction of sp³-hybridized carbons (Fsp3) is 0.500. The van der Waals surface area contributed by atoms with E-state index in [0.717, 1.165) is 34.1 Å². The zero-order chi connectivity index (χ0) is 20.4. The highest BCUT2D eigenvalue weighted by Crippen LogP contribution is 2.31. The zero-order valence-electron chi connectivity index (χ0n) is 15.7. The lowest BCUT2D eigenvalue weighted by Crippen LogP contribution is -2.32. The summed E-state index contributed by atoms with van der Waals surface area (Å²) in [6, 6.07) is 4.24. The summed E-state index contributed by atoms with van der Waals surface area (Å²) in [5.74, 6) is -0.169. The van der Waals surface area contributed by atoms with Crippen LogP contribution in [0, 0.1) is 6.92 Å². The summed E-state index contributed by atoms with van der Waals surface area (Å²) < 4.78 is 64.5. The van der Waals surface area contributed by atoms with E-state index in [9.17, 15) is 21.6 Å². The summed E-state index contributed by atoms with van der Waals surface area (Å²) in [5.41, 5.74) is 0.635. The molecule has 0 fully saturated rings. The van der Waals surface area contributed by atoms with E-state index in [-0.39, 0.29) is 18.2 Å². The molecule has 27 heavy (non-hydrogen) atoms. The number of aromatic nitrogens is 1. The van der Waals surface area contributed by atoms with E-state index in [4.69, 9.17) is 0 Å². The van der Waals surface area contributed by atoms with Crippen LogP contribution in [-0.4, -0.2) is 30.5 Å². The van der Waals surface area contributed by atoms with Gasteiger partial charge in [0.15, 0.2) is 0 Å². The molecule has 1 aromatic carbocycles. The van der Waals surface area contributed by atoms with Gasteiger partial charge in [-0.05, 0) is 44.4 Å². The molecule has 0 aliphatic rings. The van der Waals surface area contributed by atoms with E-state index in [1.54, 1.807) is 0 Å². The van der Waals surface area contributed by atoms with Gasteiger partial charge in [0.05, 0.1) is 28.1 Å². The normalized spacial score (nSPS) is 13.9. The Hall–Kier alpha value is -1.45. The minimum absolute atomic E-state index is 0.152. The van der Waals surface area contributed by atoms with Crippen LogP contribution in [0.15, 0.2) is 24.3 Å². The number of thiazole rings is 1. The Kier molecular flexibility index (Phi) is 6.70. The second kappa shape index (κ2) is 8.28. The molecule has 1 atom stereocenters. The molecular weight excluding hydrogens is 397 g/mol. The second-order valence-electron chi connectivity index (χ2n) is 6.36. The van der Waals surface area contributed by atoms with Gasteiger partial charge in [0.1, 0.15) is 0 Å². The number of halogens is 3. The first-order valence-corrected chi connectivity index (χ1v) is 11.0. The van der Waals surface area contributed by atoms with Gasteiger partial charge in [-0.15, -0.1) is 11.3 Å². The predicted molar refractivity (Wildman–Crippen MR) is 101 cm³/mol. The second-order valence-corrected chi connectivity index (χ2v) is 9.63. The van der Waals surface area contributed by atoms with Crippen molar-refractivity contribution in [3.63, 3.8) is 0 Å². The van der Waals surface area contributed by atoms with Gasteiger partial charge < -0.3 is 0 Å². The number of sulfonamides is 1. The van der Waals surface area contributed by atoms with Crippen LogP contribution >= 0.6 is 11.3 Å². The highest BCUT2D eigenvalue weighted by atomic mass is 32.2.